The van der Waals surface area contributed by atoms with Crippen LogP contribution in [0.25, 0.3) is 0 Å². The molecule has 0 aliphatic rings. The van der Waals surface area contributed by atoms with Gasteiger partial charge in [0, 0.05) is 11.1 Å². The second kappa shape index (κ2) is 36.3. The second-order valence-electron chi connectivity index (χ2n) is 10.2. The van der Waals surface area contributed by atoms with Crippen LogP contribution in [0.4, 0.5) is 0 Å². The molecule has 0 N–H and O–H groups in total. The molecule has 0 amide bonds. The molecule has 50 heavy (non-hydrogen) atoms. The minimum Gasteiger partial charge on any atom is -0.491 e. The molecule has 1 aromatic carbocycles. The predicted octanol–water partition coefficient (Wildman–Crippen LogP) is 2.18. The topological polar surface area (TPSA) is 154 Å². The molecule has 0 saturated heterocycles. The van der Waals surface area contributed by atoms with Gasteiger partial charge in [-0.15, -0.1) is 0 Å². The SMILES string of the molecule is C=C(C)C(=O)OCCOCCOCCOCCOCCOCCOCCOCCOCCOCCOCCOCCOc1ccc(C=O)cc1. The fourth-order valence-corrected chi connectivity index (χ4v) is 3.48. The van der Waals surface area contributed by atoms with Crippen molar-refractivity contribution in [3.05, 3.63) is 42.0 Å². The first-order valence-corrected chi connectivity index (χ1v) is 17.0. The number of carbonyl (C=O) groups is 2. The highest BCUT2D eigenvalue weighted by Gasteiger charge is 2.02. The van der Waals surface area contributed by atoms with Crippen molar-refractivity contribution in [2.45, 2.75) is 6.92 Å². The molecule has 0 unspecified atom stereocenters. The number of ether oxygens (including phenoxy) is 13. The number of benzene rings is 1. The number of carbonyl (C=O) groups excluding carboxylic acids is 2. The molecule has 0 aliphatic carbocycles. The molecule has 0 spiro atoms. The summed E-state index contributed by atoms with van der Waals surface area (Å²) >= 11 is 0. The average molecular weight is 719 g/mol. The smallest absolute Gasteiger partial charge is 0.333 e. The number of aldehydes is 1. The van der Waals surface area contributed by atoms with Crippen molar-refractivity contribution in [2.24, 2.45) is 0 Å². The summed E-state index contributed by atoms with van der Waals surface area (Å²) in [5.41, 5.74) is 0.980. The van der Waals surface area contributed by atoms with Crippen molar-refractivity contribution in [3.8, 4) is 5.75 Å². The Labute approximate surface area is 296 Å². The van der Waals surface area contributed by atoms with Crippen LogP contribution in [0.2, 0.25) is 0 Å². The molecule has 1 aromatic rings. The normalized spacial score (nSPS) is 11.1. The van der Waals surface area contributed by atoms with E-state index in [1.807, 2.05) is 0 Å². The Morgan fingerprint density at radius 1 is 0.460 bits per heavy atom. The molecule has 0 aromatic heterocycles. The van der Waals surface area contributed by atoms with Crippen LogP contribution in [-0.2, 0) is 61.6 Å². The maximum absolute atomic E-state index is 11.2. The molecule has 0 radical (unpaired) electrons. The third kappa shape index (κ3) is 31.4. The van der Waals surface area contributed by atoms with Gasteiger partial charge in [0.2, 0.25) is 0 Å². The van der Waals surface area contributed by atoms with E-state index in [0.29, 0.717) is 169 Å². The third-order valence-electron chi connectivity index (χ3n) is 6.04. The van der Waals surface area contributed by atoms with Gasteiger partial charge < -0.3 is 61.6 Å². The molecule has 0 aliphatic heterocycles. The maximum Gasteiger partial charge on any atom is 0.333 e. The quantitative estimate of drug-likeness (QED) is 0.0423. The summed E-state index contributed by atoms with van der Waals surface area (Å²) in [6.45, 7) is 16.0. The molecule has 0 atom stereocenters. The molecule has 0 heterocycles. The van der Waals surface area contributed by atoms with E-state index in [2.05, 4.69) is 6.58 Å². The van der Waals surface area contributed by atoms with Crippen LogP contribution in [0.1, 0.15) is 17.3 Å². The highest BCUT2D eigenvalue weighted by atomic mass is 16.6. The standard InChI is InChI=1S/C35H58O15/c1-32(2)35(37)50-30-28-48-26-24-46-22-20-44-18-16-42-14-12-40-10-8-38-7-9-39-11-13-41-15-17-43-19-21-45-23-25-47-27-29-49-34-5-3-33(31-36)4-6-34/h3-6,31H,1,7-30H2,2H3. The van der Waals surface area contributed by atoms with Crippen LogP contribution in [-0.4, -0.2) is 171 Å². The maximum atomic E-state index is 11.2. The van der Waals surface area contributed by atoms with Gasteiger partial charge in [0.15, 0.2) is 0 Å². The third-order valence-corrected chi connectivity index (χ3v) is 6.04. The zero-order valence-electron chi connectivity index (χ0n) is 29.7. The van der Waals surface area contributed by atoms with Gasteiger partial charge in [0.1, 0.15) is 25.2 Å². The largest absolute Gasteiger partial charge is 0.491 e. The van der Waals surface area contributed by atoms with E-state index in [1.54, 1.807) is 31.2 Å². The highest BCUT2D eigenvalue weighted by Crippen LogP contribution is 2.10. The van der Waals surface area contributed by atoms with Crippen LogP contribution < -0.4 is 4.74 Å². The lowest BCUT2D eigenvalue weighted by Gasteiger charge is -2.09. The first-order valence-electron chi connectivity index (χ1n) is 17.0. The van der Waals surface area contributed by atoms with Gasteiger partial charge in [-0.25, -0.2) is 4.79 Å². The van der Waals surface area contributed by atoms with Crippen LogP contribution in [0.3, 0.4) is 0 Å². The van der Waals surface area contributed by atoms with Gasteiger partial charge >= 0.3 is 5.97 Å². The van der Waals surface area contributed by atoms with E-state index in [9.17, 15) is 9.59 Å². The lowest BCUT2D eigenvalue weighted by Crippen LogP contribution is -2.16. The lowest BCUT2D eigenvalue weighted by molar-refractivity contribution is -0.140. The second-order valence-corrected chi connectivity index (χ2v) is 10.2. The van der Waals surface area contributed by atoms with E-state index < -0.39 is 5.97 Å². The minimum absolute atomic E-state index is 0.195. The van der Waals surface area contributed by atoms with E-state index in [1.165, 1.54) is 0 Å². The number of hydrogen-bond acceptors (Lipinski definition) is 15. The van der Waals surface area contributed by atoms with Gasteiger partial charge in [-0.05, 0) is 31.2 Å². The Morgan fingerprint density at radius 3 is 0.980 bits per heavy atom. The van der Waals surface area contributed by atoms with E-state index in [-0.39, 0.29) is 6.61 Å². The molecular weight excluding hydrogens is 660 g/mol. The Kier molecular flexibility index (Phi) is 33.0. The Balaban J connectivity index is 1.64. The van der Waals surface area contributed by atoms with Gasteiger partial charge in [-0.2, -0.15) is 0 Å². The summed E-state index contributed by atoms with van der Waals surface area (Å²) in [5.74, 6) is 0.283. The highest BCUT2D eigenvalue weighted by molar-refractivity contribution is 5.86. The zero-order valence-corrected chi connectivity index (χ0v) is 29.7. The molecule has 0 bridgehead atoms. The predicted molar refractivity (Wildman–Crippen MR) is 182 cm³/mol. The summed E-state index contributed by atoms with van der Waals surface area (Å²) in [6.07, 6.45) is 0.795. The lowest BCUT2D eigenvalue weighted by atomic mass is 10.2. The van der Waals surface area contributed by atoms with Gasteiger partial charge in [0.05, 0.1) is 145 Å². The number of rotatable bonds is 39. The van der Waals surface area contributed by atoms with Gasteiger partial charge in [0.25, 0.3) is 0 Å². The van der Waals surface area contributed by atoms with Crippen LogP contribution in [0.15, 0.2) is 36.4 Å². The number of hydrogen-bond donors (Lipinski definition) is 0. The average Bonchev–Trinajstić information content (AvgIpc) is 3.13. The van der Waals surface area contributed by atoms with Crippen LogP contribution in [0.5, 0.6) is 5.75 Å². The fraction of sp³-hybridized carbons (Fsp3) is 0.714. The first-order chi connectivity index (χ1) is 24.6. The Morgan fingerprint density at radius 2 is 0.720 bits per heavy atom. The number of esters is 1. The van der Waals surface area contributed by atoms with Crippen molar-refractivity contribution in [1.82, 2.24) is 0 Å². The zero-order chi connectivity index (χ0) is 36.0. The molecule has 15 nitrogen and oxygen atoms in total. The molecule has 288 valence electrons. The van der Waals surface area contributed by atoms with Crippen LogP contribution >= 0.6 is 0 Å². The summed E-state index contributed by atoms with van der Waals surface area (Å²) in [5, 5.41) is 0. The monoisotopic (exact) mass is 718 g/mol. The van der Waals surface area contributed by atoms with Crippen LogP contribution in [0, 0.1) is 0 Å². The van der Waals surface area contributed by atoms with Crippen molar-refractivity contribution in [3.63, 3.8) is 0 Å². The summed E-state index contributed by atoms with van der Waals surface area (Å²) in [7, 11) is 0. The molecule has 15 heteroatoms. The van der Waals surface area contributed by atoms with Crippen molar-refractivity contribution < 1.29 is 71.2 Å². The fourth-order valence-electron chi connectivity index (χ4n) is 3.48. The Bertz CT molecular complexity index is 916. The molecule has 0 fully saturated rings. The summed E-state index contributed by atoms with van der Waals surface area (Å²) in [4.78, 5) is 21.8. The van der Waals surface area contributed by atoms with Crippen molar-refractivity contribution >= 4 is 12.3 Å². The van der Waals surface area contributed by atoms with Gasteiger partial charge in [-0.3, -0.25) is 4.79 Å². The Hall–Kier alpha value is -2.54. The van der Waals surface area contributed by atoms with Crippen molar-refractivity contribution in [2.75, 3.05) is 159 Å². The minimum atomic E-state index is -0.416. The van der Waals surface area contributed by atoms with E-state index in [4.69, 9.17) is 61.6 Å². The molecular formula is C35H58O15. The summed E-state index contributed by atoms with van der Waals surface area (Å²) < 4.78 is 70.3. The van der Waals surface area contributed by atoms with E-state index >= 15 is 0 Å². The first kappa shape index (κ1) is 45.5. The molecule has 1 rings (SSSR count). The van der Waals surface area contributed by atoms with E-state index in [0.717, 1.165) is 6.29 Å². The summed E-state index contributed by atoms with van der Waals surface area (Å²) in [6, 6.07) is 6.92. The van der Waals surface area contributed by atoms with Crippen molar-refractivity contribution in [1.29, 1.82) is 0 Å². The molecule has 0 saturated carbocycles. The van der Waals surface area contributed by atoms with Gasteiger partial charge in [-0.1, -0.05) is 6.58 Å².